The molecular weight excluding hydrogens is 248 g/mol. The number of nitrogens with zero attached hydrogens (tertiary/aromatic N) is 1. The van der Waals surface area contributed by atoms with Gasteiger partial charge in [0, 0.05) is 5.69 Å². The van der Waals surface area contributed by atoms with Crippen LogP contribution in [-0.4, -0.2) is 5.91 Å². The van der Waals surface area contributed by atoms with E-state index in [1.807, 2.05) is 38.1 Å². The van der Waals surface area contributed by atoms with Gasteiger partial charge in [0.1, 0.15) is 5.41 Å². The largest absolute Gasteiger partial charge is 0.325 e. The minimum Gasteiger partial charge on any atom is -0.325 e. The summed E-state index contributed by atoms with van der Waals surface area (Å²) in [6.07, 6.45) is 1.04. The maximum Gasteiger partial charge on any atom is 0.244 e. The van der Waals surface area contributed by atoms with Crippen molar-refractivity contribution in [1.29, 1.82) is 5.26 Å². The van der Waals surface area contributed by atoms with Crippen molar-refractivity contribution < 1.29 is 4.79 Å². The molecule has 0 radical (unpaired) electrons. The van der Waals surface area contributed by atoms with E-state index >= 15 is 0 Å². The van der Waals surface area contributed by atoms with Gasteiger partial charge in [-0.05, 0) is 36.0 Å². The Hall–Kier alpha value is -1.82. The van der Waals surface area contributed by atoms with Crippen molar-refractivity contribution in [3.05, 3.63) is 29.8 Å². The summed E-state index contributed by atoms with van der Waals surface area (Å²) >= 11 is 0. The second-order valence-electron chi connectivity index (χ2n) is 6.18. The standard InChI is InChI=1S/C17H24N2O/c1-6-17(7-2,12-18)15(20)19-14-10-8-13(9-11-14)16(3,4)5/h8-11H,6-7H2,1-5H3,(H,19,20). The molecule has 0 fully saturated rings. The first-order valence-electron chi connectivity index (χ1n) is 7.12. The predicted molar refractivity (Wildman–Crippen MR) is 82.4 cm³/mol. The van der Waals surface area contributed by atoms with Crippen LogP contribution in [0.5, 0.6) is 0 Å². The minimum absolute atomic E-state index is 0.0891. The lowest BCUT2D eigenvalue weighted by molar-refractivity contribution is -0.123. The number of carbonyl (C=O) groups is 1. The van der Waals surface area contributed by atoms with Crippen molar-refractivity contribution in [3.8, 4) is 6.07 Å². The molecule has 0 aliphatic heterocycles. The molecule has 0 saturated carbocycles. The maximum absolute atomic E-state index is 12.3. The Morgan fingerprint density at radius 1 is 1.15 bits per heavy atom. The van der Waals surface area contributed by atoms with Crippen molar-refractivity contribution in [1.82, 2.24) is 0 Å². The van der Waals surface area contributed by atoms with E-state index in [0.717, 1.165) is 5.69 Å². The van der Waals surface area contributed by atoms with E-state index in [9.17, 15) is 10.1 Å². The minimum atomic E-state index is -0.928. The predicted octanol–water partition coefficient (Wildman–Crippen LogP) is 4.25. The molecule has 1 amide bonds. The van der Waals surface area contributed by atoms with Gasteiger partial charge in [-0.25, -0.2) is 0 Å². The molecule has 20 heavy (non-hydrogen) atoms. The number of benzene rings is 1. The van der Waals surface area contributed by atoms with Crippen LogP contribution in [0.4, 0.5) is 5.69 Å². The zero-order chi connectivity index (χ0) is 15.4. The second kappa shape index (κ2) is 6.09. The number of amides is 1. The smallest absolute Gasteiger partial charge is 0.244 e. The lowest BCUT2D eigenvalue weighted by atomic mass is 9.83. The van der Waals surface area contributed by atoms with Gasteiger partial charge in [0.2, 0.25) is 5.91 Å². The number of hydrogen-bond acceptors (Lipinski definition) is 2. The normalized spacial score (nSPS) is 11.8. The van der Waals surface area contributed by atoms with Crippen molar-refractivity contribution >= 4 is 11.6 Å². The van der Waals surface area contributed by atoms with Crippen LogP contribution in [0.25, 0.3) is 0 Å². The molecule has 0 bridgehead atoms. The summed E-state index contributed by atoms with van der Waals surface area (Å²) in [4.78, 5) is 12.3. The molecule has 0 unspecified atom stereocenters. The molecule has 0 saturated heterocycles. The Kier molecular flexibility index (Phi) is 4.94. The van der Waals surface area contributed by atoms with Crippen LogP contribution in [-0.2, 0) is 10.2 Å². The Morgan fingerprint density at radius 2 is 1.65 bits per heavy atom. The van der Waals surface area contributed by atoms with Crippen LogP contribution in [0.1, 0.15) is 53.0 Å². The van der Waals surface area contributed by atoms with E-state index in [2.05, 4.69) is 32.2 Å². The number of rotatable bonds is 4. The lowest BCUT2D eigenvalue weighted by Gasteiger charge is -2.23. The molecule has 1 N–H and O–H groups in total. The highest BCUT2D eigenvalue weighted by Crippen LogP contribution is 2.28. The number of nitriles is 1. The Bertz CT molecular complexity index is 499. The van der Waals surface area contributed by atoms with E-state index in [4.69, 9.17) is 0 Å². The number of nitrogens with one attached hydrogen (secondary N) is 1. The highest BCUT2D eigenvalue weighted by atomic mass is 16.2. The quantitative estimate of drug-likeness (QED) is 0.890. The van der Waals surface area contributed by atoms with E-state index in [1.54, 1.807) is 0 Å². The molecule has 108 valence electrons. The summed E-state index contributed by atoms with van der Waals surface area (Å²) in [5.41, 5.74) is 1.12. The molecule has 0 atom stereocenters. The van der Waals surface area contributed by atoms with Crippen LogP contribution in [0.3, 0.4) is 0 Å². The molecule has 3 nitrogen and oxygen atoms in total. The Balaban J connectivity index is 2.90. The van der Waals surface area contributed by atoms with E-state index in [0.29, 0.717) is 12.8 Å². The highest BCUT2D eigenvalue weighted by molar-refractivity contribution is 5.97. The van der Waals surface area contributed by atoms with Crippen LogP contribution in [0.15, 0.2) is 24.3 Å². The number of carbonyl (C=O) groups excluding carboxylic acids is 1. The Labute approximate surface area is 122 Å². The number of anilines is 1. The van der Waals surface area contributed by atoms with Gasteiger partial charge >= 0.3 is 0 Å². The van der Waals surface area contributed by atoms with Crippen molar-refractivity contribution in [2.45, 2.75) is 52.9 Å². The SMILES string of the molecule is CCC(C#N)(CC)C(=O)Nc1ccc(C(C)(C)C)cc1. The van der Waals surface area contributed by atoms with Crippen molar-refractivity contribution in [2.75, 3.05) is 5.32 Å². The molecule has 0 aliphatic rings. The van der Waals surface area contributed by atoms with Gasteiger partial charge in [-0.2, -0.15) is 5.26 Å². The summed E-state index contributed by atoms with van der Waals surface area (Å²) < 4.78 is 0. The fourth-order valence-electron chi connectivity index (χ4n) is 2.08. The van der Waals surface area contributed by atoms with E-state index in [-0.39, 0.29) is 11.3 Å². The molecule has 0 aromatic heterocycles. The Morgan fingerprint density at radius 3 is 2.00 bits per heavy atom. The molecule has 0 spiro atoms. The van der Waals surface area contributed by atoms with Crippen molar-refractivity contribution in [3.63, 3.8) is 0 Å². The second-order valence-corrected chi connectivity index (χ2v) is 6.18. The van der Waals surface area contributed by atoms with Crippen LogP contribution >= 0.6 is 0 Å². The molecule has 0 heterocycles. The van der Waals surface area contributed by atoms with Crippen molar-refractivity contribution in [2.24, 2.45) is 5.41 Å². The fourth-order valence-corrected chi connectivity index (χ4v) is 2.08. The highest BCUT2D eigenvalue weighted by Gasteiger charge is 2.34. The van der Waals surface area contributed by atoms with E-state index in [1.165, 1.54) is 5.56 Å². The monoisotopic (exact) mass is 272 g/mol. The molecule has 1 aromatic carbocycles. The molecule has 3 heteroatoms. The first kappa shape index (κ1) is 16.2. The first-order valence-corrected chi connectivity index (χ1v) is 7.12. The molecule has 0 aliphatic carbocycles. The average molecular weight is 272 g/mol. The van der Waals surface area contributed by atoms with Gasteiger partial charge in [-0.15, -0.1) is 0 Å². The first-order chi connectivity index (χ1) is 9.29. The molecule has 1 rings (SSSR count). The fraction of sp³-hybridized carbons (Fsp3) is 0.529. The van der Waals surface area contributed by atoms with Crippen LogP contribution in [0, 0.1) is 16.7 Å². The third-order valence-electron chi connectivity index (χ3n) is 3.86. The van der Waals surface area contributed by atoms with Gasteiger partial charge in [-0.1, -0.05) is 46.8 Å². The van der Waals surface area contributed by atoms with E-state index < -0.39 is 5.41 Å². The zero-order valence-corrected chi connectivity index (χ0v) is 13.1. The third-order valence-corrected chi connectivity index (χ3v) is 3.86. The molecule has 1 aromatic rings. The van der Waals surface area contributed by atoms with Gasteiger partial charge in [-0.3, -0.25) is 4.79 Å². The summed E-state index contributed by atoms with van der Waals surface area (Å²) in [7, 11) is 0. The summed E-state index contributed by atoms with van der Waals surface area (Å²) in [6.45, 7) is 10.2. The maximum atomic E-state index is 12.3. The average Bonchev–Trinajstić information content (AvgIpc) is 2.41. The lowest BCUT2D eigenvalue weighted by Crippen LogP contribution is -2.33. The summed E-state index contributed by atoms with van der Waals surface area (Å²) in [5, 5.41) is 12.1. The third kappa shape index (κ3) is 3.39. The van der Waals surface area contributed by atoms with Crippen LogP contribution in [0.2, 0.25) is 0 Å². The van der Waals surface area contributed by atoms with Gasteiger partial charge in [0.05, 0.1) is 6.07 Å². The summed E-state index contributed by atoms with van der Waals surface area (Å²) in [6, 6.07) is 9.98. The van der Waals surface area contributed by atoms with Crippen LogP contribution < -0.4 is 5.32 Å². The number of hydrogen-bond donors (Lipinski definition) is 1. The topological polar surface area (TPSA) is 52.9 Å². The van der Waals surface area contributed by atoms with Gasteiger partial charge in [0.15, 0.2) is 0 Å². The van der Waals surface area contributed by atoms with Gasteiger partial charge in [0.25, 0.3) is 0 Å². The molecular formula is C17H24N2O. The van der Waals surface area contributed by atoms with Gasteiger partial charge < -0.3 is 5.32 Å². The summed E-state index contributed by atoms with van der Waals surface area (Å²) in [5.74, 6) is -0.214. The zero-order valence-electron chi connectivity index (χ0n) is 13.1.